The molecular formula is C16H21NOS2. The van der Waals surface area contributed by atoms with E-state index >= 15 is 0 Å². The number of likely N-dealkylation sites (N-methyl/N-ethyl adjacent to an activating group) is 1. The van der Waals surface area contributed by atoms with Crippen LogP contribution in [0.1, 0.15) is 31.9 Å². The van der Waals surface area contributed by atoms with Crippen LogP contribution in [-0.4, -0.2) is 30.3 Å². The fourth-order valence-electron chi connectivity index (χ4n) is 2.25. The quantitative estimate of drug-likeness (QED) is 0.746. The summed E-state index contributed by atoms with van der Waals surface area (Å²) in [6.45, 7) is 6.75. The van der Waals surface area contributed by atoms with Gasteiger partial charge in [0.2, 0.25) is 0 Å². The van der Waals surface area contributed by atoms with Crippen LogP contribution >= 0.6 is 22.7 Å². The number of ketones is 1. The number of thiophene rings is 2. The lowest BCUT2D eigenvalue weighted by Gasteiger charge is -2.23. The van der Waals surface area contributed by atoms with Crippen LogP contribution in [0.2, 0.25) is 0 Å². The molecule has 0 bridgehead atoms. The molecule has 0 saturated heterocycles. The molecule has 0 fully saturated rings. The molecule has 0 N–H and O–H groups in total. The summed E-state index contributed by atoms with van der Waals surface area (Å²) in [4.78, 5) is 18.2. The maximum atomic E-state index is 12.4. The lowest BCUT2D eigenvalue weighted by atomic mass is 10.1. The zero-order chi connectivity index (χ0) is 14.7. The second-order valence-corrected chi connectivity index (χ2v) is 7.79. The summed E-state index contributed by atoms with van der Waals surface area (Å²) >= 11 is 3.48. The van der Waals surface area contributed by atoms with Gasteiger partial charge >= 0.3 is 0 Å². The first-order valence-corrected chi connectivity index (χ1v) is 8.50. The van der Waals surface area contributed by atoms with E-state index in [0.717, 1.165) is 16.9 Å². The van der Waals surface area contributed by atoms with Gasteiger partial charge in [-0.3, -0.25) is 9.69 Å². The summed E-state index contributed by atoms with van der Waals surface area (Å²) in [6, 6.07) is 6.62. The van der Waals surface area contributed by atoms with Crippen molar-refractivity contribution in [1.29, 1.82) is 0 Å². The molecule has 2 rings (SSSR count). The van der Waals surface area contributed by atoms with E-state index in [-0.39, 0.29) is 5.78 Å². The highest BCUT2D eigenvalue weighted by atomic mass is 32.1. The maximum absolute atomic E-state index is 12.4. The number of aryl methyl sites for hydroxylation is 2. The number of nitrogens with zero attached hydrogens (tertiary/aromatic N) is 1. The molecule has 0 aromatic carbocycles. The fourth-order valence-corrected chi connectivity index (χ4v) is 4.02. The van der Waals surface area contributed by atoms with E-state index in [1.54, 1.807) is 22.7 Å². The smallest absolute Gasteiger partial charge is 0.177 e. The van der Waals surface area contributed by atoms with Gasteiger partial charge in [0, 0.05) is 26.2 Å². The van der Waals surface area contributed by atoms with E-state index < -0.39 is 0 Å². The molecule has 2 aromatic rings. The molecule has 0 aliphatic carbocycles. The predicted molar refractivity (Wildman–Crippen MR) is 88.2 cm³/mol. The highest BCUT2D eigenvalue weighted by molar-refractivity contribution is 7.12. The fraction of sp³-hybridized carbons (Fsp3) is 0.438. The molecule has 0 spiro atoms. The Kier molecular flexibility index (Phi) is 5.13. The first kappa shape index (κ1) is 15.4. The summed E-state index contributed by atoms with van der Waals surface area (Å²) in [5.74, 6) is 0.229. The highest BCUT2D eigenvalue weighted by Gasteiger charge is 2.17. The van der Waals surface area contributed by atoms with Crippen molar-refractivity contribution >= 4 is 28.5 Å². The predicted octanol–water partition coefficient (Wildman–Crippen LogP) is 4.17. The molecule has 4 heteroatoms. The Morgan fingerprint density at radius 2 is 2.15 bits per heavy atom. The van der Waals surface area contributed by atoms with E-state index in [2.05, 4.69) is 36.3 Å². The first-order valence-electron chi connectivity index (χ1n) is 6.80. The summed E-state index contributed by atoms with van der Waals surface area (Å²) in [7, 11) is 2.03. The average molecular weight is 307 g/mol. The van der Waals surface area contributed by atoms with Crippen LogP contribution in [0, 0.1) is 13.8 Å². The standard InChI is InChI=1S/C16H21NOS2/c1-11(8-14-6-5-7-19-14)17(4)10-16(18)15-9-12(2)20-13(15)3/h5-7,9,11H,8,10H2,1-4H3. The van der Waals surface area contributed by atoms with Crippen LogP contribution in [0.15, 0.2) is 23.6 Å². The van der Waals surface area contributed by atoms with E-state index in [1.807, 2.05) is 20.0 Å². The minimum atomic E-state index is 0.229. The highest BCUT2D eigenvalue weighted by Crippen LogP contribution is 2.21. The van der Waals surface area contributed by atoms with E-state index in [9.17, 15) is 4.79 Å². The van der Waals surface area contributed by atoms with Gasteiger partial charge in [-0.2, -0.15) is 0 Å². The number of rotatable bonds is 6. The molecule has 0 aliphatic rings. The van der Waals surface area contributed by atoms with Crippen LogP contribution in [-0.2, 0) is 6.42 Å². The molecule has 2 heterocycles. The molecule has 1 unspecified atom stereocenters. The molecule has 0 amide bonds. The zero-order valence-corrected chi connectivity index (χ0v) is 14.1. The minimum absolute atomic E-state index is 0.229. The van der Waals surface area contributed by atoms with E-state index in [0.29, 0.717) is 12.6 Å². The summed E-state index contributed by atoms with van der Waals surface area (Å²) in [6.07, 6.45) is 1.00. The van der Waals surface area contributed by atoms with Crippen molar-refractivity contribution < 1.29 is 4.79 Å². The van der Waals surface area contributed by atoms with Gasteiger partial charge < -0.3 is 0 Å². The van der Waals surface area contributed by atoms with Gasteiger partial charge in [0.25, 0.3) is 0 Å². The van der Waals surface area contributed by atoms with Crippen molar-refractivity contribution in [1.82, 2.24) is 4.90 Å². The van der Waals surface area contributed by atoms with Crippen LogP contribution in [0.5, 0.6) is 0 Å². The van der Waals surface area contributed by atoms with Crippen molar-refractivity contribution in [2.24, 2.45) is 0 Å². The Morgan fingerprint density at radius 3 is 2.70 bits per heavy atom. The normalized spacial score (nSPS) is 12.8. The van der Waals surface area contributed by atoms with Gasteiger partial charge in [-0.05, 0) is 51.8 Å². The summed E-state index contributed by atoms with van der Waals surface area (Å²) in [5, 5.41) is 2.10. The molecule has 0 aliphatic heterocycles. The van der Waals surface area contributed by atoms with Crippen molar-refractivity contribution in [3.63, 3.8) is 0 Å². The minimum Gasteiger partial charge on any atom is -0.296 e. The van der Waals surface area contributed by atoms with Gasteiger partial charge in [0.05, 0.1) is 6.54 Å². The van der Waals surface area contributed by atoms with Gasteiger partial charge in [-0.25, -0.2) is 0 Å². The average Bonchev–Trinajstić information content (AvgIpc) is 2.98. The Balaban J connectivity index is 1.95. The molecule has 1 atom stereocenters. The number of carbonyl (C=O) groups is 1. The maximum Gasteiger partial charge on any atom is 0.177 e. The van der Waals surface area contributed by atoms with Crippen molar-refractivity contribution in [2.75, 3.05) is 13.6 Å². The molecule has 0 radical (unpaired) electrons. The number of hydrogen-bond acceptors (Lipinski definition) is 4. The van der Waals surface area contributed by atoms with Crippen LogP contribution < -0.4 is 0 Å². The Bertz CT molecular complexity index is 571. The Hall–Kier alpha value is -0.970. The van der Waals surface area contributed by atoms with E-state index in [1.165, 1.54) is 9.75 Å². The van der Waals surface area contributed by atoms with Crippen molar-refractivity contribution in [3.05, 3.63) is 43.8 Å². The number of carbonyl (C=O) groups excluding carboxylic acids is 1. The van der Waals surface area contributed by atoms with Crippen LogP contribution in [0.4, 0.5) is 0 Å². The number of Topliss-reactive ketones (excluding diaryl/α,β-unsaturated/α-hetero) is 1. The second kappa shape index (κ2) is 6.66. The van der Waals surface area contributed by atoms with Crippen LogP contribution in [0.25, 0.3) is 0 Å². The lowest BCUT2D eigenvalue weighted by molar-refractivity contribution is 0.0924. The number of hydrogen-bond donors (Lipinski definition) is 0. The Labute approximate surface area is 129 Å². The molecule has 20 heavy (non-hydrogen) atoms. The third kappa shape index (κ3) is 3.78. The SMILES string of the molecule is Cc1cc(C(=O)CN(C)C(C)Cc2cccs2)c(C)s1. The van der Waals surface area contributed by atoms with Gasteiger partial charge in [0.15, 0.2) is 5.78 Å². The molecule has 2 aromatic heterocycles. The summed E-state index contributed by atoms with van der Waals surface area (Å²) < 4.78 is 0. The second-order valence-electron chi connectivity index (χ2n) is 5.30. The van der Waals surface area contributed by atoms with E-state index in [4.69, 9.17) is 0 Å². The Morgan fingerprint density at radius 1 is 1.40 bits per heavy atom. The first-order chi connectivity index (χ1) is 9.47. The largest absolute Gasteiger partial charge is 0.296 e. The zero-order valence-electron chi connectivity index (χ0n) is 12.5. The van der Waals surface area contributed by atoms with Crippen LogP contribution in [0.3, 0.4) is 0 Å². The molecular weight excluding hydrogens is 286 g/mol. The third-order valence-electron chi connectivity index (χ3n) is 3.56. The summed E-state index contributed by atoms with van der Waals surface area (Å²) in [5.41, 5.74) is 0.891. The molecule has 0 saturated carbocycles. The van der Waals surface area contributed by atoms with Gasteiger partial charge in [0.1, 0.15) is 0 Å². The lowest BCUT2D eigenvalue weighted by Crippen LogP contribution is -2.35. The third-order valence-corrected chi connectivity index (χ3v) is 5.43. The molecule has 108 valence electrons. The topological polar surface area (TPSA) is 20.3 Å². The van der Waals surface area contributed by atoms with Crippen molar-refractivity contribution in [3.8, 4) is 0 Å². The monoisotopic (exact) mass is 307 g/mol. The molecule has 2 nitrogen and oxygen atoms in total. The van der Waals surface area contributed by atoms with Crippen molar-refractivity contribution in [2.45, 2.75) is 33.2 Å². The van der Waals surface area contributed by atoms with Gasteiger partial charge in [-0.1, -0.05) is 6.07 Å². The van der Waals surface area contributed by atoms with Gasteiger partial charge in [-0.15, -0.1) is 22.7 Å².